The van der Waals surface area contributed by atoms with Gasteiger partial charge in [0.2, 0.25) is 0 Å². The van der Waals surface area contributed by atoms with Crippen molar-refractivity contribution < 1.29 is 14.3 Å². The fourth-order valence-electron chi connectivity index (χ4n) is 4.43. The number of nitrogens with one attached hydrogen (secondary N) is 1. The molecule has 0 heterocycles. The summed E-state index contributed by atoms with van der Waals surface area (Å²) in [5.74, 6) is 0.0886. The van der Waals surface area contributed by atoms with Crippen molar-refractivity contribution in [1.29, 1.82) is 0 Å². The molecule has 1 aliphatic rings. The lowest BCUT2D eigenvalue weighted by molar-refractivity contribution is 0.0467. The quantitative estimate of drug-likeness (QED) is 0.231. The molecule has 186 valence electrons. The highest BCUT2D eigenvalue weighted by molar-refractivity contribution is 5.93. The zero-order chi connectivity index (χ0) is 25.3. The topological polar surface area (TPSA) is 47.6 Å². The van der Waals surface area contributed by atoms with E-state index in [1.54, 1.807) is 6.07 Å². The second-order valence-electron chi connectivity index (χ2n) is 9.22. The molecule has 4 heteroatoms. The van der Waals surface area contributed by atoms with Gasteiger partial charge < -0.3 is 14.8 Å². The first-order chi connectivity index (χ1) is 18.2. The second-order valence-corrected chi connectivity index (χ2v) is 9.22. The molecule has 0 aliphatic heterocycles. The Bertz CT molecular complexity index is 1350. The first kappa shape index (κ1) is 24.4. The van der Waals surface area contributed by atoms with E-state index >= 15 is 0 Å². The summed E-state index contributed by atoms with van der Waals surface area (Å²) in [6, 6.07) is 33.9. The number of allylic oxidation sites excluding steroid dienone is 2. The number of hydrogen-bond donors (Lipinski definition) is 1. The fraction of sp³-hybridized carbons (Fsp3) is 0.182. The minimum absolute atomic E-state index is 0.213. The van der Waals surface area contributed by atoms with E-state index in [-0.39, 0.29) is 6.61 Å². The van der Waals surface area contributed by atoms with Gasteiger partial charge in [0.25, 0.3) is 0 Å². The molecule has 0 saturated heterocycles. The molecule has 0 unspecified atom stereocenters. The zero-order valence-corrected chi connectivity index (χ0v) is 20.9. The third kappa shape index (κ3) is 6.68. The molecule has 4 aromatic carbocycles. The largest absolute Gasteiger partial charge is 0.488 e. The van der Waals surface area contributed by atoms with Crippen LogP contribution in [0.3, 0.4) is 0 Å². The number of hydrogen-bond acceptors (Lipinski definition) is 4. The Morgan fingerprint density at radius 1 is 0.757 bits per heavy atom. The average molecular weight is 490 g/mol. The highest BCUT2D eigenvalue weighted by atomic mass is 16.5. The third-order valence-electron chi connectivity index (χ3n) is 6.51. The van der Waals surface area contributed by atoms with Crippen LogP contribution in [0.1, 0.15) is 51.9 Å². The Morgan fingerprint density at radius 2 is 1.46 bits per heavy atom. The normalized spacial score (nSPS) is 12.6. The van der Waals surface area contributed by atoms with Gasteiger partial charge in [-0.1, -0.05) is 91.0 Å². The Kier molecular flexibility index (Phi) is 7.97. The molecule has 0 radical (unpaired) electrons. The Hall–Kier alpha value is -4.31. The van der Waals surface area contributed by atoms with E-state index in [9.17, 15) is 4.79 Å². The molecular weight excluding hydrogens is 458 g/mol. The Labute approximate surface area is 218 Å². The van der Waals surface area contributed by atoms with Gasteiger partial charge in [-0.15, -0.1) is 0 Å². The molecule has 1 N–H and O–H groups in total. The first-order valence-corrected chi connectivity index (χ1v) is 12.8. The van der Waals surface area contributed by atoms with Crippen LogP contribution in [0.2, 0.25) is 0 Å². The van der Waals surface area contributed by atoms with Crippen LogP contribution in [-0.2, 0) is 24.5 Å². The number of carbonyl (C=O) groups is 1. The number of benzene rings is 4. The van der Waals surface area contributed by atoms with Gasteiger partial charge >= 0.3 is 5.97 Å². The second kappa shape index (κ2) is 12.1. The molecule has 0 amide bonds. The Morgan fingerprint density at radius 3 is 2.14 bits per heavy atom. The number of esters is 1. The van der Waals surface area contributed by atoms with Crippen LogP contribution in [-0.4, -0.2) is 5.97 Å². The number of anilines is 1. The highest BCUT2D eigenvalue weighted by Gasteiger charge is 2.16. The molecule has 5 rings (SSSR count). The summed E-state index contributed by atoms with van der Waals surface area (Å²) in [4.78, 5) is 13.0. The van der Waals surface area contributed by atoms with Crippen molar-refractivity contribution in [2.75, 3.05) is 5.32 Å². The van der Waals surface area contributed by atoms with Crippen molar-refractivity contribution in [2.45, 2.75) is 39.0 Å². The highest BCUT2D eigenvalue weighted by Crippen LogP contribution is 2.29. The summed E-state index contributed by atoms with van der Waals surface area (Å²) in [5, 5.41) is 3.47. The monoisotopic (exact) mass is 489 g/mol. The van der Waals surface area contributed by atoms with E-state index in [0.29, 0.717) is 24.5 Å². The van der Waals surface area contributed by atoms with Crippen LogP contribution < -0.4 is 10.1 Å². The molecule has 37 heavy (non-hydrogen) atoms. The van der Waals surface area contributed by atoms with Crippen molar-refractivity contribution in [1.82, 2.24) is 0 Å². The van der Waals surface area contributed by atoms with E-state index in [0.717, 1.165) is 16.8 Å². The average Bonchev–Trinajstić information content (AvgIpc) is 3.50. The van der Waals surface area contributed by atoms with Crippen molar-refractivity contribution in [2.24, 2.45) is 0 Å². The van der Waals surface area contributed by atoms with Gasteiger partial charge in [-0.25, -0.2) is 4.79 Å². The summed E-state index contributed by atoms with van der Waals surface area (Å²) >= 11 is 0. The van der Waals surface area contributed by atoms with E-state index in [1.807, 2.05) is 72.8 Å². The van der Waals surface area contributed by atoms with Crippen LogP contribution in [0.25, 0.3) is 5.57 Å². The molecule has 4 aromatic rings. The predicted octanol–water partition coefficient (Wildman–Crippen LogP) is 7.80. The molecule has 0 bridgehead atoms. The van der Waals surface area contributed by atoms with Crippen LogP contribution in [0, 0.1) is 0 Å². The third-order valence-corrected chi connectivity index (χ3v) is 6.51. The molecule has 1 aliphatic carbocycles. The molecule has 0 atom stereocenters. The molecule has 0 aromatic heterocycles. The van der Waals surface area contributed by atoms with Crippen molar-refractivity contribution in [3.8, 4) is 5.75 Å². The zero-order valence-electron chi connectivity index (χ0n) is 20.9. The van der Waals surface area contributed by atoms with E-state index in [2.05, 4.69) is 35.7 Å². The molecule has 0 spiro atoms. The number of rotatable bonds is 10. The smallest absolute Gasteiger partial charge is 0.342 e. The van der Waals surface area contributed by atoms with E-state index < -0.39 is 5.97 Å². The summed E-state index contributed by atoms with van der Waals surface area (Å²) in [6.45, 7) is 1.25. The van der Waals surface area contributed by atoms with Crippen LogP contribution in [0.5, 0.6) is 5.75 Å². The molecule has 0 saturated carbocycles. The maximum atomic E-state index is 13.0. The van der Waals surface area contributed by atoms with Crippen LogP contribution >= 0.6 is 0 Å². The number of ether oxygens (including phenoxy) is 2. The van der Waals surface area contributed by atoms with Gasteiger partial charge in [-0.3, -0.25) is 0 Å². The van der Waals surface area contributed by atoms with Crippen LogP contribution in [0.15, 0.2) is 109 Å². The number of carbonyl (C=O) groups excluding carboxylic acids is 1. The van der Waals surface area contributed by atoms with Crippen LogP contribution in [0.4, 0.5) is 5.69 Å². The van der Waals surface area contributed by atoms with Gasteiger partial charge in [0.1, 0.15) is 24.5 Å². The standard InChI is InChI=1S/C33H31NO3/c35-33(37-24-27-11-5-2-6-12-27)31-20-19-30(21-32(31)36-23-26-9-3-1-4-10-26)34-22-25-15-17-29(18-16-25)28-13-7-8-14-28/h1-6,9-13,15-21,34H,7-8,14,22-24H2. The van der Waals surface area contributed by atoms with E-state index in [4.69, 9.17) is 9.47 Å². The summed E-state index contributed by atoms with van der Waals surface area (Å²) in [7, 11) is 0. The molecular formula is C33H31NO3. The van der Waals surface area contributed by atoms with Crippen molar-refractivity contribution in [3.63, 3.8) is 0 Å². The summed E-state index contributed by atoms with van der Waals surface area (Å²) in [5.41, 5.74) is 7.22. The lowest BCUT2D eigenvalue weighted by Gasteiger charge is -2.14. The molecule has 4 nitrogen and oxygen atoms in total. The SMILES string of the molecule is O=C(OCc1ccccc1)c1ccc(NCc2ccc(C3=CCCC3)cc2)cc1OCc1ccccc1. The fourth-order valence-corrected chi connectivity index (χ4v) is 4.43. The Balaban J connectivity index is 1.28. The minimum atomic E-state index is -0.407. The molecule has 0 fully saturated rings. The lowest BCUT2D eigenvalue weighted by Crippen LogP contribution is -2.09. The van der Waals surface area contributed by atoms with Gasteiger partial charge in [-0.2, -0.15) is 0 Å². The lowest BCUT2D eigenvalue weighted by atomic mass is 10.0. The van der Waals surface area contributed by atoms with Gasteiger partial charge in [0, 0.05) is 18.3 Å². The minimum Gasteiger partial charge on any atom is -0.488 e. The maximum Gasteiger partial charge on any atom is 0.342 e. The van der Waals surface area contributed by atoms with Gasteiger partial charge in [-0.05, 0) is 59.2 Å². The van der Waals surface area contributed by atoms with Gasteiger partial charge in [0.05, 0.1) is 0 Å². The predicted molar refractivity (Wildman–Crippen MR) is 148 cm³/mol. The van der Waals surface area contributed by atoms with Crippen molar-refractivity contribution >= 4 is 17.2 Å². The first-order valence-electron chi connectivity index (χ1n) is 12.8. The summed E-state index contributed by atoms with van der Waals surface area (Å²) in [6.07, 6.45) is 5.95. The van der Waals surface area contributed by atoms with E-state index in [1.165, 1.54) is 36.0 Å². The van der Waals surface area contributed by atoms with Gasteiger partial charge in [0.15, 0.2) is 0 Å². The maximum absolute atomic E-state index is 13.0. The summed E-state index contributed by atoms with van der Waals surface area (Å²) < 4.78 is 11.7. The van der Waals surface area contributed by atoms with Crippen molar-refractivity contribution in [3.05, 3.63) is 137 Å².